The third-order valence-corrected chi connectivity index (χ3v) is 20.2. The van der Waals surface area contributed by atoms with E-state index in [0.29, 0.717) is 0 Å². The molecule has 0 aromatic rings. The molecule has 11 rings (SSSR count). The molecule has 0 bridgehead atoms. The van der Waals surface area contributed by atoms with E-state index in [4.69, 9.17) is 0 Å². The molecular formula is C47H77N3. The van der Waals surface area contributed by atoms with Crippen LogP contribution < -0.4 is 5.32 Å². The highest BCUT2D eigenvalue weighted by molar-refractivity contribution is 5.11. The molecule has 17 unspecified atom stereocenters. The summed E-state index contributed by atoms with van der Waals surface area (Å²) in [6, 6.07) is 5.68. The summed E-state index contributed by atoms with van der Waals surface area (Å²) < 4.78 is 0. The lowest BCUT2D eigenvalue weighted by atomic mass is 9.48. The zero-order chi connectivity index (χ0) is 32.8. The van der Waals surface area contributed by atoms with Crippen molar-refractivity contribution in [2.24, 2.45) is 71.0 Å². The molecule has 17 atom stereocenters. The van der Waals surface area contributed by atoms with Crippen molar-refractivity contribution < 1.29 is 0 Å². The Morgan fingerprint density at radius 2 is 0.740 bits per heavy atom. The predicted octanol–water partition coefficient (Wildman–Crippen LogP) is 10.5. The van der Waals surface area contributed by atoms with Crippen molar-refractivity contribution in [2.45, 2.75) is 210 Å². The maximum Gasteiger partial charge on any atom is 0.0135 e. The van der Waals surface area contributed by atoms with Crippen LogP contribution in [0.15, 0.2) is 0 Å². The van der Waals surface area contributed by atoms with E-state index in [9.17, 15) is 0 Å². The number of nitrogens with one attached hydrogen (secondary N) is 1. The van der Waals surface area contributed by atoms with Crippen LogP contribution in [-0.2, 0) is 0 Å². The Labute approximate surface area is 308 Å². The Hall–Kier alpha value is -0.120. The lowest BCUT2D eigenvalue weighted by Crippen LogP contribution is -2.55. The third-order valence-electron chi connectivity index (χ3n) is 20.2. The minimum Gasteiger partial charge on any atom is -0.317 e. The van der Waals surface area contributed by atoms with Crippen molar-refractivity contribution in [3.8, 4) is 0 Å². The van der Waals surface area contributed by atoms with E-state index >= 15 is 0 Å². The van der Waals surface area contributed by atoms with Crippen LogP contribution in [0.3, 0.4) is 0 Å². The van der Waals surface area contributed by atoms with Gasteiger partial charge in [0.2, 0.25) is 0 Å². The highest BCUT2D eigenvalue weighted by Gasteiger charge is 2.59. The number of rotatable bonds is 3. The summed E-state index contributed by atoms with van der Waals surface area (Å²) in [5.41, 5.74) is 0. The van der Waals surface area contributed by atoms with Gasteiger partial charge in [-0.3, -0.25) is 9.80 Å². The average molecular weight is 684 g/mol. The number of fused-ring (bicyclic) bond motifs is 12. The van der Waals surface area contributed by atoms with Crippen molar-refractivity contribution >= 4 is 0 Å². The van der Waals surface area contributed by atoms with Crippen LogP contribution in [-0.4, -0.2) is 59.1 Å². The molecule has 0 spiro atoms. The molecule has 0 amide bonds. The fraction of sp³-hybridized carbons (Fsp3) is 1.00. The van der Waals surface area contributed by atoms with Gasteiger partial charge in [0, 0.05) is 36.3 Å². The van der Waals surface area contributed by atoms with Gasteiger partial charge in [-0.2, -0.15) is 0 Å². The molecular weight excluding hydrogens is 607 g/mol. The van der Waals surface area contributed by atoms with E-state index in [0.717, 1.165) is 107 Å². The van der Waals surface area contributed by atoms with Gasteiger partial charge in [-0.05, 0) is 206 Å². The molecule has 3 aliphatic heterocycles. The molecule has 0 aromatic carbocycles. The molecule has 0 radical (unpaired) electrons. The first-order valence-corrected chi connectivity index (χ1v) is 24.1. The van der Waals surface area contributed by atoms with E-state index in [1.54, 1.807) is 135 Å². The summed E-state index contributed by atoms with van der Waals surface area (Å²) in [5, 5.41) is 3.72. The van der Waals surface area contributed by atoms with Gasteiger partial charge in [-0.1, -0.05) is 51.4 Å². The van der Waals surface area contributed by atoms with E-state index < -0.39 is 0 Å². The van der Waals surface area contributed by atoms with Crippen molar-refractivity contribution in [3.05, 3.63) is 0 Å². The van der Waals surface area contributed by atoms with Crippen LogP contribution in [0.2, 0.25) is 0 Å². The lowest BCUT2D eigenvalue weighted by Gasteiger charge is -2.59. The molecule has 0 aromatic heterocycles. The molecule has 11 fully saturated rings. The van der Waals surface area contributed by atoms with Crippen molar-refractivity contribution in [2.75, 3.05) is 13.1 Å². The van der Waals surface area contributed by atoms with Crippen molar-refractivity contribution in [1.29, 1.82) is 0 Å². The fourth-order valence-corrected chi connectivity index (χ4v) is 18.7. The molecule has 3 heteroatoms. The Morgan fingerprint density at radius 1 is 0.280 bits per heavy atom. The average Bonchev–Trinajstić information content (AvgIpc) is 3.70. The zero-order valence-electron chi connectivity index (χ0n) is 32.3. The van der Waals surface area contributed by atoms with Crippen LogP contribution >= 0.6 is 0 Å². The number of likely N-dealkylation sites (tertiary alicyclic amines) is 2. The first-order chi connectivity index (χ1) is 24.8. The van der Waals surface area contributed by atoms with Gasteiger partial charge in [0.15, 0.2) is 0 Å². The first-order valence-electron chi connectivity index (χ1n) is 24.1. The van der Waals surface area contributed by atoms with Gasteiger partial charge in [0.1, 0.15) is 0 Å². The normalized spacial score (nSPS) is 54.4. The summed E-state index contributed by atoms with van der Waals surface area (Å²) in [4.78, 5) is 6.68. The summed E-state index contributed by atoms with van der Waals surface area (Å²) >= 11 is 0. The van der Waals surface area contributed by atoms with Gasteiger partial charge >= 0.3 is 0 Å². The number of hydrogen-bond acceptors (Lipinski definition) is 3. The second-order valence-corrected chi connectivity index (χ2v) is 21.5. The molecule has 3 heterocycles. The summed E-state index contributed by atoms with van der Waals surface area (Å²) in [6.45, 7) is 2.55. The van der Waals surface area contributed by atoms with Crippen LogP contribution in [0.4, 0.5) is 0 Å². The smallest absolute Gasteiger partial charge is 0.0135 e. The Balaban J connectivity index is 0.812. The minimum absolute atomic E-state index is 0.893. The first kappa shape index (κ1) is 33.2. The molecule has 280 valence electrons. The van der Waals surface area contributed by atoms with Gasteiger partial charge < -0.3 is 5.32 Å². The summed E-state index contributed by atoms with van der Waals surface area (Å²) in [7, 11) is 0. The van der Waals surface area contributed by atoms with Gasteiger partial charge in [-0.15, -0.1) is 0 Å². The molecule has 3 saturated heterocycles. The molecule has 8 aliphatic carbocycles. The van der Waals surface area contributed by atoms with Crippen molar-refractivity contribution in [1.82, 2.24) is 15.1 Å². The monoisotopic (exact) mass is 684 g/mol. The zero-order valence-corrected chi connectivity index (χ0v) is 32.3. The molecule has 50 heavy (non-hydrogen) atoms. The largest absolute Gasteiger partial charge is 0.317 e. The Morgan fingerprint density at radius 3 is 1.42 bits per heavy atom. The summed E-state index contributed by atoms with van der Waals surface area (Å²) in [6.07, 6.45) is 42.3. The van der Waals surface area contributed by atoms with Gasteiger partial charge in [-0.25, -0.2) is 0 Å². The number of hydrogen-bond donors (Lipinski definition) is 1. The van der Waals surface area contributed by atoms with Crippen LogP contribution in [0.5, 0.6) is 0 Å². The Bertz CT molecular complexity index is 1160. The van der Waals surface area contributed by atoms with Gasteiger partial charge in [0.25, 0.3) is 0 Å². The standard InChI is InChI=1S/C47H77N3/c1-2-11-36-34(9-1)35-10-3-4-12-37(35)42-29-33(19-21-38(36)42)50-45-16-8-6-14-40(45)43-27-30(18-22-46(43)50)31-17-20-41-39-13-5-7-15-44(39)49(47(41)28-31)32-23-25-48-26-24-32/h30-48H,1-29H2. The molecule has 1 N–H and O–H groups in total. The topological polar surface area (TPSA) is 18.5 Å². The van der Waals surface area contributed by atoms with Gasteiger partial charge in [0.05, 0.1) is 0 Å². The number of nitrogens with zero attached hydrogens (tertiary/aromatic N) is 2. The Kier molecular flexibility index (Phi) is 9.22. The molecule has 3 nitrogen and oxygen atoms in total. The fourth-order valence-electron chi connectivity index (χ4n) is 18.7. The molecule has 11 aliphatic rings. The third kappa shape index (κ3) is 5.46. The second-order valence-electron chi connectivity index (χ2n) is 21.5. The number of piperidine rings is 1. The summed E-state index contributed by atoms with van der Waals surface area (Å²) in [5.74, 6) is 13.0. The van der Waals surface area contributed by atoms with Crippen LogP contribution in [0.1, 0.15) is 173 Å². The van der Waals surface area contributed by atoms with E-state index in [-0.39, 0.29) is 0 Å². The minimum atomic E-state index is 0.893. The highest BCUT2D eigenvalue weighted by Crippen LogP contribution is 2.62. The van der Waals surface area contributed by atoms with E-state index in [1.807, 2.05) is 0 Å². The predicted molar refractivity (Wildman–Crippen MR) is 206 cm³/mol. The van der Waals surface area contributed by atoms with Crippen LogP contribution in [0, 0.1) is 71.0 Å². The van der Waals surface area contributed by atoms with E-state index in [1.165, 1.54) is 51.6 Å². The quantitative estimate of drug-likeness (QED) is 0.319. The lowest BCUT2D eigenvalue weighted by molar-refractivity contribution is -0.0986. The SMILES string of the molecule is C1CCC2C(C1)C1CCCCC1C1CC(N3C4CCCCC4C4CC(C5CCC6C7CCCCC7N(C7CCNCC7)C6C5)CCC43)CCC21. The van der Waals surface area contributed by atoms with Crippen LogP contribution in [0.25, 0.3) is 0 Å². The van der Waals surface area contributed by atoms with Crippen molar-refractivity contribution in [3.63, 3.8) is 0 Å². The second kappa shape index (κ2) is 13.9. The highest BCUT2D eigenvalue weighted by atomic mass is 15.3. The molecule has 8 saturated carbocycles. The maximum atomic E-state index is 3.72. The van der Waals surface area contributed by atoms with E-state index in [2.05, 4.69) is 15.1 Å². The maximum absolute atomic E-state index is 3.72.